The summed E-state index contributed by atoms with van der Waals surface area (Å²) < 4.78 is 2.41. The third-order valence-corrected chi connectivity index (χ3v) is 16.3. The summed E-state index contributed by atoms with van der Waals surface area (Å²) in [5.74, 6) is 0. The van der Waals surface area contributed by atoms with Gasteiger partial charge < -0.3 is 9.47 Å². The molecule has 0 aliphatic heterocycles. The average molecular weight is 957 g/mol. The Morgan fingerprint density at radius 3 is 1.61 bits per heavy atom. The predicted molar refractivity (Wildman–Crippen MR) is 314 cm³/mol. The van der Waals surface area contributed by atoms with Crippen LogP contribution in [0.4, 0.5) is 11.4 Å². The van der Waals surface area contributed by atoms with E-state index in [0.29, 0.717) is 0 Å². The van der Waals surface area contributed by atoms with Gasteiger partial charge in [-0.05, 0) is 151 Å². The van der Waals surface area contributed by atoms with Gasteiger partial charge in [0.2, 0.25) is 0 Å². The molecule has 2 nitrogen and oxygen atoms in total. The summed E-state index contributed by atoms with van der Waals surface area (Å²) in [6.45, 7) is 6.98. The number of hydrogen-bond donors (Lipinski definition) is 0. The fourth-order valence-electron chi connectivity index (χ4n) is 13.2. The van der Waals surface area contributed by atoms with Gasteiger partial charge in [-0.1, -0.05) is 225 Å². The van der Waals surface area contributed by atoms with Gasteiger partial charge in [-0.25, -0.2) is 0 Å². The second-order valence-corrected chi connectivity index (χ2v) is 20.0. The van der Waals surface area contributed by atoms with E-state index in [-0.39, 0.29) is 0 Å². The molecule has 75 heavy (non-hydrogen) atoms. The standard InChI is InChI=1S/C73H52N2/c1-3-57(48-68-50(2)61-34-18-21-37-66(61)72(68,53-26-8-4-9-27-53)54-28-10-5-11-29-54)74(59-42-40-51-24-16-17-25-52(51)46-59)60-43-44-63-62-35-19-22-38-67(62)73(69(63)49-60,55-30-12-6-13-31-55)56-41-45-71-65(47-56)64-36-20-23-39-70(64)75(71)58-32-14-7-15-33-58/h3-49H,1H2,2H3. The van der Waals surface area contributed by atoms with E-state index in [0.717, 1.165) is 22.8 Å². The van der Waals surface area contributed by atoms with Crippen molar-refractivity contribution < 1.29 is 0 Å². The van der Waals surface area contributed by atoms with E-state index in [1.54, 1.807) is 0 Å². The Kier molecular flexibility index (Phi) is 10.4. The van der Waals surface area contributed by atoms with Gasteiger partial charge in [-0.2, -0.15) is 0 Å². The van der Waals surface area contributed by atoms with Crippen LogP contribution in [0.1, 0.15) is 51.4 Å². The minimum Gasteiger partial charge on any atom is -0.310 e. The highest BCUT2D eigenvalue weighted by atomic mass is 15.1. The van der Waals surface area contributed by atoms with E-state index in [1.165, 1.54) is 99.4 Å². The highest BCUT2D eigenvalue weighted by Gasteiger charge is 2.48. The molecule has 14 rings (SSSR count). The molecule has 0 N–H and O–H groups in total. The molecule has 1 unspecified atom stereocenters. The lowest BCUT2D eigenvalue weighted by Gasteiger charge is -2.36. The number of fused-ring (bicyclic) bond motifs is 8. The van der Waals surface area contributed by atoms with Crippen molar-refractivity contribution in [3.05, 3.63) is 347 Å². The Hall–Kier alpha value is -9.50. The molecule has 354 valence electrons. The van der Waals surface area contributed by atoms with Crippen molar-refractivity contribution in [3.8, 4) is 16.8 Å². The molecule has 0 spiro atoms. The molecule has 1 heterocycles. The van der Waals surface area contributed by atoms with Crippen molar-refractivity contribution in [1.82, 2.24) is 4.57 Å². The van der Waals surface area contributed by atoms with Crippen LogP contribution in [0.25, 0.3) is 55.0 Å². The number of nitrogens with zero attached hydrogens (tertiary/aromatic N) is 2. The summed E-state index contributed by atoms with van der Waals surface area (Å²) in [5.41, 5.74) is 20.2. The van der Waals surface area contributed by atoms with Crippen LogP contribution in [0, 0.1) is 0 Å². The maximum atomic E-state index is 4.68. The highest BCUT2D eigenvalue weighted by Crippen LogP contribution is 2.59. The number of para-hydroxylation sites is 2. The number of hydrogen-bond acceptors (Lipinski definition) is 1. The van der Waals surface area contributed by atoms with Gasteiger partial charge in [-0.3, -0.25) is 0 Å². The van der Waals surface area contributed by atoms with Gasteiger partial charge in [0.25, 0.3) is 0 Å². The molecule has 2 aliphatic rings. The van der Waals surface area contributed by atoms with Crippen LogP contribution < -0.4 is 4.90 Å². The molecule has 2 aliphatic carbocycles. The fourth-order valence-corrected chi connectivity index (χ4v) is 13.2. The normalized spacial score (nSPS) is 15.5. The SMILES string of the molecule is C=CC(=CC1=C(C)c2ccccc2C1(c1ccccc1)c1ccccc1)N(c1ccc2c(c1)C(c1ccccc1)(c1ccc3c(c1)c1ccccc1n3-c1ccccc1)c1ccccc1-2)c1ccc2ccccc2c1. The van der Waals surface area contributed by atoms with Crippen LogP contribution >= 0.6 is 0 Å². The summed E-state index contributed by atoms with van der Waals surface area (Å²) >= 11 is 0. The van der Waals surface area contributed by atoms with Crippen molar-refractivity contribution >= 4 is 49.5 Å². The molecule has 2 heteroatoms. The second kappa shape index (κ2) is 17.6. The lowest BCUT2D eigenvalue weighted by Crippen LogP contribution is -2.30. The first-order chi connectivity index (χ1) is 37.1. The first kappa shape index (κ1) is 44.2. The Morgan fingerprint density at radius 1 is 0.400 bits per heavy atom. The fraction of sp³-hybridized carbons (Fsp3) is 0.0411. The largest absolute Gasteiger partial charge is 0.310 e. The second-order valence-electron chi connectivity index (χ2n) is 20.0. The molecule has 0 amide bonds. The van der Waals surface area contributed by atoms with E-state index in [1.807, 2.05) is 0 Å². The molecular weight excluding hydrogens is 905 g/mol. The lowest BCUT2D eigenvalue weighted by atomic mass is 9.66. The van der Waals surface area contributed by atoms with Crippen LogP contribution in [0.2, 0.25) is 0 Å². The molecule has 12 aromatic rings. The smallest absolute Gasteiger partial charge is 0.0714 e. The van der Waals surface area contributed by atoms with Crippen LogP contribution in [-0.2, 0) is 10.8 Å². The number of benzene rings is 11. The maximum absolute atomic E-state index is 4.68. The zero-order valence-corrected chi connectivity index (χ0v) is 41.7. The summed E-state index contributed by atoms with van der Waals surface area (Å²) in [6.07, 6.45) is 4.49. The summed E-state index contributed by atoms with van der Waals surface area (Å²) in [5, 5.41) is 4.81. The molecule has 1 aromatic heterocycles. The molecule has 0 radical (unpaired) electrons. The maximum Gasteiger partial charge on any atom is 0.0714 e. The van der Waals surface area contributed by atoms with Gasteiger partial charge in [0.1, 0.15) is 0 Å². The third-order valence-electron chi connectivity index (χ3n) is 16.3. The number of allylic oxidation sites excluding steroid dienone is 4. The summed E-state index contributed by atoms with van der Waals surface area (Å²) in [4.78, 5) is 2.44. The van der Waals surface area contributed by atoms with Crippen molar-refractivity contribution in [2.24, 2.45) is 0 Å². The quantitative estimate of drug-likeness (QED) is 0.124. The summed E-state index contributed by atoms with van der Waals surface area (Å²) in [6, 6.07) is 101. The summed E-state index contributed by atoms with van der Waals surface area (Å²) in [7, 11) is 0. The molecule has 0 bridgehead atoms. The minimum atomic E-state index is -0.678. The topological polar surface area (TPSA) is 8.17 Å². The monoisotopic (exact) mass is 956 g/mol. The zero-order valence-electron chi connectivity index (χ0n) is 41.7. The molecule has 0 saturated heterocycles. The molecule has 1 atom stereocenters. The van der Waals surface area contributed by atoms with Crippen LogP contribution in [0.3, 0.4) is 0 Å². The lowest BCUT2D eigenvalue weighted by molar-refractivity contribution is 0.759. The Morgan fingerprint density at radius 2 is 0.920 bits per heavy atom. The van der Waals surface area contributed by atoms with Crippen LogP contribution in [0.15, 0.2) is 303 Å². The van der Waals surface area contributed by atoms with Gasteiger partial charge >= 0.3 is 0 Å². The van der Waals surface area contributed by atoms with Crippen molar-refractivity contribution in [1.29, 1.82) is 0 Å². The Balaban J connectivity index is 1.05. The van der Waals surface area contributed by atoms with Crippen molar-refractivity contribution in [3.63, 3.8) is 0 Å². The van der Waals surface area contributed by atoms with E-state index in [9.17, 15) is 0 Å². The minimum absolute atomic E-state index is 0.600. The third kappa shape index (κ3) is 6.59. The van der Waals surface area contributed by atoms with Gasteiger partial charge in [0.15, 0.2) is 0 Å². The Labute approximate surface area is 438 Å². The Bertz CT molecular complexity index is 4220. The number of aromatic nitrogens is 1. The van der Waals surface area contributed by atoms with E-state index in [2.05, 4.69) is 308 Å². The first-order valence-corrected chi connectivity index (χ1v) is 26.0. The van der Waals surface area contributed by atoms with Crippen LogP contribution in [-0.4, -0.2) is 4.57 Å². The molecule has 11 aromatic carbocycles. The predicted octanol–water partition coefficient (Wildman–Crippen LogP) is 18.3. The molecule has 0 fully saturated rings. The van der Waals surface area contributed by atoms with Crippen molar-refractivity contribution in [2.45, 2.75) is 17.8 Å². The highest BCUT2D eigenvalue weighted by molar-refractivity contribution is 6.10. The van der Waals surface area contributed by atoms with Crippen molar-refractivity contribution in [2.75, 3.05) is 4.90 Å². The molecular formula is C73H52N2. The van der Waals surface area contributed by atoms with E-state index < -0.39 is 10.8 Å². The van der Waals surface area contributed by atoms with E-state index in [4.69, 9.17) is 0 Å². The first-order valence-electron chi connectivity index (χ1n) is 26.0. The van der Waals surface area contributed by atoms with E-state index >= 15 is 0 Å². The molecule has 0 saturated carbocycles. The average Bonchev–Trinajstić information content (AvgIpc) is 4.15. The van der Waals surface area contributed by atoms with Crippen LogP contribution in [0.5, 0.6) is 0 Å². The number of anilines is 2. The zero-order chi connectivity index (χ0) is 50.1. The number of rotatable bonds is 10. The van der Waals surface area contributed by atoms with Gasteiger partial charge in [0, 0.05) is 33.5 Å². The van der Waals surface area contributed by atoms with Gasteiger partial charge in [0.05, 0.1) is 21.9 Å². The van der Waals surface area contributed by atoms with Gasteiger partial charge in [-0.15, -0.1) is 0 Å².